The molecule has 2 aromatic carbocycles. The van der Waals surface area contributed by atoms with Crippen molar-refractivity contribution < 1.29 is 22.7 Å². The first-order chi connectivity index (χ1) is 14.0. The molecule has 6 nitrogen and oxygen atoms in total. The average molecular weight is 416 g/mol. The van der Waals surface area contributed by atoms with Crippen LogP contribution in [0.25, 0.3) is 0 Å². The van der Waals surface area contributed by atoms with E-state index in [1.54, 1.807) is 28.6 Å². The Morgan fingerprint density at radius 3 is 2.55 bits per heavy atom. The Morgan fingerprint density at radius 2 is 1.86 bits per heavy atom. The molecule has 1 fully saturated rings. The molecule has 1 saturated carbocycles. The summed E-state index contributed by atoms with van der Waals surface area (Å²) in [5.74, 6) is 0.596. The van der Waals surface area contributed by atoms with Crippen molar-refractivity contribution in [2.24, 2.45) is 0 Å². The van der Waals surface area contributed by atoms with Crippen molar-refractivity contribution in [1.82, 2.24) is 4.31 Å². The quantitative estimate of drug-likeness (QED) is 0.620. The first-order valence-electron chi connectivity index (χ1n) is 9.87. The number of hydrogen-bond donors (Lipinski definition) is 0. The number of sulfonamides is 1. The van der Waals surface area contributed by atoms with Gasteiger partial charge in [-0.25, -0.2) is 13.2 Å². The van der Waals surface area contributed by atoms with Crippen molar-refractivity contribution in [1.29, 1.82) is 0 Å². The molecule has 0 unspecified atom stereocenters. The molecule has 0 bridgehead atoms. The van der Waals surface area contributed by atoms with Crippen LogP contribution in [-0.2, 0) is 34.1 Å². The Hall–Kier alpha value is -2.38. The summed E-state index contributed by atoms with van der Waals surface area (Å²) in [6, 6.07) is 12.9. The van der Waals surface area contributed by atoms with Gasteiger partial charge in [0.05, 0.1) is 25.0 Å². The van der Waals surface area contributed by atoms with Gasteiger partial charge >= 0.3 is 5.97 Å². The van der Waals surface area contributed by atoms with Gasteiger partial charge < -0.3 is 9.47 Å². The summed E-state index contributed by atoms with van der Waals surface area (Å²) in [5, 5.41) is 0. The Morgan fingerprint density at radius 1 is 1.14 bits per heavy atom. The van der Waals surface area contributed by atoms with E-state index in [0.717, 1.165) is 41.7 Å². The van der Waals surface area contributed by atoms with Crippen LogP contribution < -0.4 is 4.74 Å². The maximum atomic E-state index is 13.1. The third-order valence-corrected chi connectivity index (χ3v) is 7.29. The molecular weight excluding hydrogens is 390 g/mol. The third-order valence-electron chi connectivity index (χ3n) is 5.43. The summed E-state index contributed by atoms with van der Waals surface area (Å²) in [5.41, 5.74) is 3.50. The third kappa shape index (κ3) is 4.62. The van der Waals surface area contributed by atoms with Crippen molar-refractivity contribution in [2.45, 2.75) is 38.3 Å². The van der Waals surface area contributed by atoms with Crippen LogP contribution >= 0.6 is 0 Å². The molecule has 1 heterocycles. The number of rotatable bonds is 8. The molecule has 1 aliphatic carbocycles. The molecule has 4 rings (SSSR count). The van der Waals surface area contributed by atoms with Gasteiger partial charge in [-0.05, 0) is 54.2 Å². The molecule has 2 aromatic rings. The van der Waals surface area contributed by atoms with Gasteiger partial charge in [-0.2, -0.15) is 4.31 Å². The monoisotopic (exact) mass is 415 g/mol. The first kappa shape index (κ1) is 19.9. The number of hydrogen-bond acceptors (Lipinski definition) is 5. The lowest BCUT2D eigenvalue weighted by Crippen LogP contribution is -2.35. The number of benzene rings is 2. The lowest BCUT2D eigenvalue weighted by molar-refractivity contribution is 0.0600. The Labute approximate surface area is 171 Å². The zero-order valence-electron chi connectivity index (χ0n) is 16.5. The fourth-order valence-corrected chi connectivity index (χ4v) is 5.36. The number of carbonyl (C=O) groups is 1. The summed E-state index contributed by atoms with van der Waals surface area (Å²) < 4.78 is 38.0. The first-order valence-corrected chi connectivity index (χ1v) is 11.5. The molecule has 29 heavy (non-hydrogen) atoms. The molecule has 0 saturated heterocycles. The second-order valence-corrected chi connectivity index (χ2v) is 9.61. The van der Waals surface area contributed by atoms with E-state index in [1.807, 2.05) is 12.1 Å². The van der Waals surface area contributed by atoms with E-state index in [-0.39, 0.29) is 11.8 Å². The predicted octanol–water partition coefficient (Wildman–Crippen LogP) is 2.95. The van der Waals surface area contributed by atoms with E-state index in [4.69, 9.17) is 9.47 Å². The molecule has 0 aromatic heterocycles. The van der Waals surface area contributed by atoms with Crippen molar-refractivity contribution in [3.05, 3.63) is 64.7 Å². The SMILES string of the molecule is COC(=O)c1ccc(CN(C2CC2)S(=O)(=O)CCc2ccc3c(c2)CCO3)cc1. The van der Waals surface area contributed by atoms with Crippen LogP contribution in [0.3, 0.4) is 0 Å². The van der Waals surface area contributed by atoms with Crippen LogP contribution in [0, 0.1) is 0 Å². The second-order valence-electron chi connectivity index (χ2n) is 7.57. The van der Waals surface area contributed by atoms with Gasteiger partial charge in [-0.1, -0.05) is 24.3 Å². The highest BCUT2D eigenvalue weighted by atomic mass is 32.2. The fourth-order valence-electron chi connectivity index (χ4n) is 3.62. The lowest BCUT2D eigenvalue weighted by Gasteiger charge is -2.22. The highest BCUT2D eigenvalue weighted by molar-refractivity contribution is 7.89. The molecular formula is C22H25NO5S. The summed E-state index contributed by atoms with van der Waals surface area (Å²) in [6.45, 7) is 1.02. The van der Waals surface area contributed by atoms with Crippen LogP contribution in [0.4, 0.5) is 0 Å². The van der Waals surface area contributed by atoms with Crippen LogP contribution in [0.1, 0.15) is 39.9 Å². The number of aryl methyl sites for hydroxylation is 1. The summed E-state index contributed by atoms with van der Waals surface area (Å²) >= 11 is 0. The largest absolute Gasteiger partial charge is 0.493 e. The molecule has 0 radical (unpaired) electrons. The second kappa shape index (κ2) is 8.16. The van der Waals surface area contributed by atoms with Gasteiger partial charge in [0.15, 0.2) is 0 Å². The summed E-state index contributed by atoms with van der Waals surface area (Å²) in [7, 11) is -2.05. The maximum absolute atomic E-state index is 13.1. The van der Waals surface area contributed by atoms with Gasteiger partial charge in [0.2, 0.25) is 10.0 Å². The number of esters is 1. The zero-order valence-corrected chi connectivity index (χ0v) is 17.3. The molecule has 2 aliphatic rings. The molecule has 0 atom stereocenters. The van der Waals surface area contributed by atoms with Gasteiger partial charge in [0, 0.05) is 19.0 Å². The van der Waals surface area contributed by atoms with E-state index in [9.17, 15) is 13.2 Å². The van der Waals surface area contributed by atoms with Crippen LogP contribution in [0.15, 0.2) is 42.5 Å². The smallest absolute Gasteiger partial charge is 0.337 e. The van der Waals surface area contributed by atoms with Crippen molar-refractivity contribution in [3.63, 3.8) is 0 Å². The number of carbonyl (C=O) groups excluding carboxylic acids is 1. The maximum Gasteiger partial charge on any atom is 0.337 e. The van der Waals surface area contributed by atoms with Crippen LogP contribution in [-0.4, -0.2) is 44.2 Å². The fraction of sp³-hybridized carbons (Fsp3) is 0.409. The van der Waals surface area contributed by atoms with Gasteiger partial charge in [0.1, 0.15) is 5.75 Å². The zero-order chi connectivity index (χ0) is 20.4. The Bertz CT molecular complexity index is 996. The topological polar surface area (TPSA) is 72.9 Å². The number of methoxy groups -OCH3 is 1. The molecule has 1 aliphatic heterocycles. The molecule has 0 amide bonds. The van der Waals surface area contributed by atoms with Crippen LogP contribution in [0.2, 0.25) is 0 Å². The van der Waals surface area contributed by atoms with Crippen molar-refractivity contribution in [3.8, 4) is 5.75 Å². The number of ether oxygens (including phenoxy) is 2. The highest BCUT2D eigenvalue weighted by Gasteiger charge is 2.36. The van der Waals surface area contributed by atoms with E-state index >= 15 is 0 Å². The molecule has 0 spiro atoms. The number of fused-ring (bicyclic) bond motifs is 1. The lowest BCUT2D eigenvalue weighted by atomic mass is 10.1. The van der Waals surface area contributed by atoms with Crippen molar-refractivity contribution >= 4 is 16.0 Å². The average Bonchev–Trinajstić information content (AvgIpc) is 3.46. The highest BCUT2D eigenvalue weighted by Crippen LogP contribution is 2.32. The minimum absolute atomic E-state index is 0.0775. The minimum Gasteiger partial charge on any atom is -0.493 e. The summed E-state index contributed by atoms with van der Waals surface area (Å²) in [6.07, 6.45) is 3.16. The predicted molar refractivity (Wildman–Crippen MR) is 109 cm³/mol. The molecule has 0 N–H and O–H groups in total. The van der Waals surface area contributed by atoms with Gasteiger partial charge in [-0.15, -0.1) is 0 Å². The van der Waals surface area contributed by atoms with Gasteiger partial charge in [-0.3, -0.25) is 0 Å². The van der Waals surface area contributed by atoms with Crippen LogP contribution in [0.5, 0.6) is 5.75 Å². The minimum atomic E-state index is -3.39. The summed E-state index contributed by atoms with van der Waals surface area (Å²) in [4.78, 5) is 11.6. The Balaban J connectivity index is 1.44. The molecule has 7 heteroatoms. The molecule has 154 valence electrons. The Kier molecular flexibility index (Phi) is 5.61. The van der Waals surface area contributed by atoms with E-state index in [1.165, 1.54) is 7.11 Å². The standard InChI is InChI=1S/C22H25NO5S/c1-27-22(24)18-5-2-17(3-6-18)15-23(20-7-8-20)29(25,26)13-11-16-4-9-21-19(14-16)10-12-28-21/h2-6,9,14,20H,7-8,10-13,15H2,1H3. The van der Waals surface area contributed by atoms with E-state index in [0.29, 0.717) is 25.1 Å². The van der Waals surface area contributed by atoms with E-state index < -0.39 is 16.0 Å². The normalized spacial score (nSPS) is 15.8. The van der Waals surface area contributed by atoms with Crippen molar-refractivity contribution in [2.75, 3.05) is 19.5 Å². The van der Waals surface area contributed by atoms with E-state index in [2.05, 4.69) is 6.07 Å². The number of nitrogens with zero attached hydrogens (tertiary/aromatic N) is 1. The van der Waals surface area contributed by atoms with Gasteiger partial charge in [0.25, 0.3) is 0 Å².